The van der Waals surface area contributed by atoms with Crippen LogP contribution in [0.25, 0.3) is 22.0 Å². The van der Waals surface area contributed by atoms with E-state index in [0.717, 1.165) is 16.3 Å². The molecule has 0 aliphatic heterocycles. The molecule has 0 radical (unpaired) electrons. The van der Waals surface area contributed by atoms with Gasteiger partial charge < -0.3 is 0 Å². The van der Waals surface area contributed by atoms with E-state index in [1.54, 1.807) is 0 Å². The van der Waals surface area contributed by atoms with Crippen molar-refractivity contribution in [3.8, 4) is 11.3 Å². The number of hydrogen-bond acceptors (Lipinski definition) is 3. The van der Waals surface area contributed by atoms with Crippen molar-refractivity contribution in [2.75, 3.05) is 0 Å². The van der Waals surface area contributed by atoms with Crippen LogP contribution in [-0.4, -0.2) is 15.4 Å². The van der Waals surface area contributed by atoms with Gasteiger partial charge in [0.2, 0.25) is 3.79 Å². The van der Waals surface area contributed by atoms with Gasteiger partial charge >= 0.3 is 0 Å². The van der Waals surface area contributed by atoms with Gasteiger partial charge in [0.05, 0.1) is 11.8 Å². The summed E-state index contributed by atoms with van der Waals surface area (Å²) in [5.74, 6) is 0. The summed E-state index contributed by atoms with van der Waals surface area (Å²) in [4.78, 5) is 0. The molecule has 0 bridgehead atoms. The minimum atomic E-state index is -1.60. The topological polar surface area (TPSA) is 38.7 Å². The van der Waals surface area contributed by atoms with Crippen LogP contribution in [0.1, 0.15) is 5.56 Å². The molecular formula is C14H8Cl3N3. The molecule has 0 unspecified atom stereocenters. The molecule has 3 nitrogen and oxygen atoms in total. The summed E-state index contributed by atoms with van der Waals surface area (Å²) in [6.45, 7) is 0. The quantitative estimate of drug-likeness (QED) is 0.618. The number of benzene rings is 2. The number of rotatable bonds is 1. The predicted octanol–water partition coefficient (Wildman–Crippen LogP) is 4.52. The van der Waals surface area contributed by atoms with Gasteiger partial charge in [-0.2, -0.15) is 0 Å². The average molecular weight is 325 g/mol. The van der Waals surface area contributed by atoms with Crippen LogP contribution >= 0.6 is 34.8 Å². The molecule has 20 heavy (non-hydrogen) atoms. The molecule has 3 rings (SSSR count). The fourth-order valence-electron chi connectivity index (χ4n) is 2.11. The summed E-state index contributed by atoms with van der Waals surface area (Å²) in [7, 11) is 0. The SMILES string of the molecule is ClC(Cl)(Cl)c1cnnnc1-c1cccc2ccccc12. The van der Waals surface area contributed by atoms with Crippen molar-refractivity contribution in [2.24, 2.45) is 0 Å². The summed E-state index contributed by atoms with van der Waals surface area (Å²) in [5, 5.41) is 13.5. The Labute approximate surface area is 130 Å². The third-order valence-electron chi connectivity index (χ3n) is 2.99. The van der Waals surface area contributed by atoms with E-state index >= 15 is 0 Å². The first kappa shape index (κ1) is 13.6. The average Bonchev–Trinajstić information content (AvgIpc) is 2.46. The van der Waals surface area contributed by atoms with Crippen LogP contribution in [0.5, 0.6) is 0 Å². The lowest BCUT2D eigenvalue weighted by molar-refractivity contribution is 0.851. The zero-order chi connectivity index (χ0) is 14.2. The Morgan fingerprint density at radius 2 is 1.65 bits per heavy atom. The van der Waals surface area contributed by atoms with Gasteiger partial charge in [-0.15, -0.1) is 10.2 Å². The van der Waals surface area contributed by atoms with Crippen LogP contribution in [0.15, 0.2) is 48.7 Å². The maximum atomic E-state index is 5.99. The summed E-state index contributed by atoms with van der Waals surface area (Å²) in [6.07, 6.45) is 1.43. The van der Waals surface area contributed by atoms with Crippen LogP contribution in [0, 0.1) is 0 Å². The molecule has 0 saturated heterocycles. The van der Waals surface area contributed by atoms with E-state index < -0.39 is 3.79 Å². The van der Waals surface area contributed by atoms with Crippen molar-refractivity contribution in [3.63, 3.8) is 0 Å². The highest BCUT2D eigenvalue weighted by Crippen LogP contribution is 2.42. The Morgan fingerprint density at radius 1 is 0.900 bits per heavy atom. The Bertz CT molecular complexity index is 763. The first-order valence-corrected chi connectivity index (χ1v) is 6.94. The van der Waals surface area contributed by atoms with Crippen molar-refractivity contribution in [1.82, 2.24) is 15.4 Å². The van der Waals surface area contributed by atoms with E-state index in [9.17, 15) is 0 Å². The Kier molecular flexibility index (Phi) is 3.50. The second-order valence-electron chi connectivity index (χ2n) is 4.22. The number of fused-ring (bicyclic) bond motifs is 1. The van der Waals surface area contributed by atoms with Crippen molar-refractivity contribution < 1.29 is 0 Å². The van der Waals surface area contributed by atoms with E-state index in [2.05, 4.69) is 15.4 Å². The lowest BCUT2D eigenvalue weighted by atomic mass is 10.0. The van der Waals surface area contributed by atoms with Gasteiger partial charge in [-0.3, -0.25) is 0 Å². The number of aromatic nitrogens is 3. The summed E-state index contributed by atoms with van der Waals surface area (Å²) >= 11 is 18.0. The summed E-state index contributed by atoms with van der Waals surface area (Å²) in [6, 6.07) is 13.8. The summed E-state index contributed by atoms with van der Waals surface area (Å²) in [5.41, 5.74) is 1.80. The van der Waals surface area contributed by atoms with E-state index in [0.29, 0.717) is 11.3 Å². The second kappa shape index (κ2) is 5.17. The Hall–Kier alpha value is -1.42. The zero-order valence-electron chi connectivity index (χ0n) is 10.1. The van der Waals surface area contributed by atoms with Gasteiger partial charge in [0, 0.05) is 5.56 Å². The second-order valence-corrected chi connectivity index (χ2v) is 6.50. The van der Waals surface area contributed by atoms with E-state index in [1.165, 1.54) is 6.20 Å². The molecule has 3 aromatic rings. The summed E-state index contributed by atoms with van der Waals surface area (Å²) < 4.78 is -1.60. The van der Waals surface area contributed by atoms with Crippen molar-refractivity contribution >= 4 is 45.6 Å². The molecule has 0 saturated carbocycles. The minimum absolute atomic E-state index is 0.411. The fraction of sp³-hybridized carbons (Fsp3) is 0.0714. The van der Waals surface area contributed by atoms with Gasteiger partial charge in [0.15, 0.2) is 0 Å². The first-order chi connectivity index (χ1) is 9.57. The van der Waals surface area contributed by atoms with Gasteiger partial charge in [-0.05, 0) is 16.0 Å². The molecule has 0 aliphatic rings. The maximum Gasteiger partial charge on any atom is 0.219 e. The number of alkyl halides is 3. The van der Waals surface area contributed by atoms with Gasteiger partial charge in [0.25, 0.3) is 0 Å². The van der Waals surface area contributed by atoms with Crippen LogP contribution in [0.4, 0.5) is 0 Å². The third kappa shape index (κ3) is 2.44. The normalized spacial score (nSPS) is 11.8. The first-order valence-electron chi connectivity index (χ1n) is 5.81. The van der Waals surface area contributed by atoms with Crippen LogP contribution in [0.3, 0.4) is 0 Å². The van der Waals surface area contributed by atoms with E-state index in [4.69, 9.17) is 34.8 Å². The van der Waals surface area contributed by atoms with Gasteiger partial charge in [-0.1, -0.05) is 77.3 Å². The molecule has 100 valence electrons. The highest BCUT2D eigenvalue weighted by molar-refractivity contribution is 6.67. The highest BCUT2D eigenvalue weighted by Gasteiger charge is 2.28. The van der Waals surface area contributed by atoms with Crippen LogP contribution in [0.2, 0.25) is 0 Å². The molecule has 0 spiro atoms. The maximum absolute atomic E-state index is 5.99. The molecule has 0 atom stereocenters. The van der Waals surface area contributed by atoms with E-state index in [1.807, 2.05) is 42.5 Å². The minimum Gasteiger partial charge on any atom is -0.138 e. The number of hydrogen-bond donors (Lipinski definition) is 0. The fourth-order valence-corrected chi connectivity index (χ4v) is 2.52. The molecule has 2 aromatic carbocycles. The number of nitrogens with zero attached hydrogens (tertiary/aromatic N) is 3. The van der Waals surface area contributed by atoms with Gasteiger partial charge in [0.1, 0.15) is 5.69 Å². The molecule has 0 fully saturated rings. The van der Waals surface area contributed by atoms with Gasteiger partial charge in [-0.25, -0.2) is 0 Å². The lowest BCUT2D eigenvalue weighted by Gasteiger charge is -2.15. The van der Waals surface area contributed by atoms with E-state index in [-0.39, 0.29) is 0 Å². The molecule has 0 aliphatic carbocycles. The highest BCUT2D eigenvalue weighted by atomic mass is 35.6. The smallest absolute Gasteiger partial charge is 0.138 e. The molecule has 6 heteroatoms. The van der Waals surface area contributed by atoms with Crippen molar-refractivity contribution in [3.05, 3.63) is 54.2 Å². The van der Waals surface area contributed by atoms with Crippen molar-refractivity contribution in [1.29, 1.82) is 0 Å². The lowest BCUT2D eigenvalue weighted by Crippen LogP contribution is -2.07. The Morgan fingerprint density at radius 3 is 2.45 bits per heavy atom. The zero-order valence-corrected chi connectivity index (χ0v) is 12.4. The third-order valence-corrected chi connectivity index (χ3v) is 3.60. The largest absolute Gasteiger partial charge is 0.219 e. The molecular weight excluding hydrogens is 317 g/mol. The molecule has 0 amide bonds. The Balaban J connectivity index is 2.32. The standard InChI is InChI=1S/C14H8Cl3N3/c15-14(16,17)12-8-18-20-19-13(12)11-7-3-5-9-4-1-2-6-10(9)11/h1-8H. The van der Waals surface area contributed by atoms with Crippen LogP contribution in [-0.2, 0) is 3.79 Å². The monoisotopic (exact) mass is 323 g/mol. The van der Waals surface area contributed by atoms with Crippen molar-refractivity contribution in [2.45, 2.75) is 3.79 Å². The molecule has 1 aromatic heterocycles. The van der Waals surface area contributed by atoms with Crippen LogP contribution < -0.4 is 0 Å². The number of halogens is 3. The molecule has 0 N–H and O–H groups in total. The predicted molar refractivity (Wildman–Crippen MR) is 82.0 cm³/mol. The molecule has 1 heterocycles.